The number of carboxylic acids is 1. The van der Waals surface area contributed by atoms with Crippen LogP contribution in [-0.2, 0) is 0 Å². The molecule has 1 aromatic carbocycles. The van der Waals surface area contributed by atoms with Crippen LogP contribution in [0.25, 0.3) is 0 Å². The van der Waals surface area contributed by atoms with Crippen LogP contribution in [0.1, 0.15) is 10.4 Å². The Bertz CT molecular complexity index is 348. The molecule has 0 aliphatic heterocycles. The fraction of sp³-hybridized carbons (Fsp3) is 0.125. The lowest BCUT2D eigenvalue weighted by Gasteiger charge is -2.07. The summed E-state index contributed by atoms with van der Waals surface area (Å²) in [5, 5.41) is 18.2. The molecule has 0 spiro atoms. The van der Waals surface area contributed by atoms with Gasteiger partial charge in [-0.15, -0.1) is 0 Å². The average Bonchev–Trinajstić information content (AvgIpc) is 2.08. The van der Waals surface area contributed by atoms with Crippen LogP contribution in [0, 0.1) is 3.57 Å². The Morgan fingerprint density at radius 2 is 2.15 bits per heavy atom. The Morgan fingerprint density at radius 3 is 2.62 bits per heavy atom. The third-order valence-electron chi connectivity index (χ3n) is 1.52. The van der Waals surface area contributed by atoms with Gasteiger partial charge in [-0.2, -0.15) is 0 Å². The minimum atomic E-state index is -1.20. The first-order valence-electron chi connectivity index (χ1n) is 3.36. The number of rotatable bonds is 2. The first kappa shape index (κ1) is 10.1. The third-order valence-corrected chi connectivity index (χ3v) is 2.39. The average molecular weight is 294 g/mol. The second-order valence-corrected chi connectivity index (χ2v) is 3.44. The van der Waals surface area contributed by atoms with Crippen LogP contribution < -0.4 is 4.74 Å². The zero-order valence-electron chi connectivity index (χ0n) is 6.74. The van der Waals surface area contributed by atoms with Crippen molar-refractivity contribution >= 4 is 28.6 Å². The summed E-state index contributed by atoms with van der Waals surface area (Å²) >= 11 is 1.85. The predicted octanol–water partition coefficient (Wildman–Crippen LogP) is 1.70. The van der Waals surface area contributed by atoms with Crippen LogP contribution in [0.4, 0.5) is 0 Å². The number of carbonyl (C=O) groups is 1. The third kappa shape index (κ3) is 1.85. The van der Waals surface area contributed by atoms with Crippen LogP contribution in [0.15, 0.2) is 12.1 Å². The Kier molecular flexibility index (Phi) is 2.97. The van der Waals surface area contributed by atoms with Gasteiger partial charge in [-0.3, -0.25) is 0 Å². The number of halogens is 1. The standard InChI is InChI=1S/C8H7IO4/c1-13-5-3-2-4(9)7(10)6(5)8(11)12/h2-3,10H,1H3,(H,11,12). The van der Waals surface area contributed by atoms with Gasteiger partial charge in [-0.25, -0.2) is 4.79 Å². The van der Waals surface area contributed by atoms with Crippen molar-refractivity contribution in [1.29, 1.82) is 0 Å². The molecular weight excluding hydrogens is 287 g/mol. The van der Waals surface area contributed by atoms with Crippen LogP contribution in [0.2, 0.25) is 0 Å². The van der Waals surface area contributed by atoms with Gasteiger partial charge in [0.1, 0.15) is 17.1 Å². The van der Waals surface area contributed by atoms with E-state index in [1.165, 1.54) is 13.2 Å². The Labute approximate surface area is 88.3 Å². The van der Waals surface area contributed by atoms with E-state index in [1.54, 1.807) is 6.07 Å². The molecular formula is C8H7IO4. The van der Waals surface area contributed by atoms with Crippen LogP contribution in [0.3, 0.4) is 0 Å². The summed E-state index contributed by atoms with van der Waals surface area (Å²) in [5.41, 5.74) is -0.200. The largest absolute Gasteiger partial charge is 0.506 e. The highest BCUT2D eigenvalue weighted by Crippen LogP contribution is 2.31. The first-order chi connectivity index (χ1) is 6.07. The zero-order chi connectivity index (χ0) is 10.0. The quantitative estimate of drug-likeness (QED) is 0.815. The fourth-order valence-corrected chi connectivity index (χ4v) is 1.37. The second-order valence-electron chi connectivity index (χ2n) is 2.28. The molecule has 70 valence electrons. The number of phenols is 1. The van der Waals surface area contributed by atoms with Crippen molar-refractivity contribution in [1.82, 2.24) is 0 Å². The second kappa shape index (κ2) is 3.82. The summed E-state index contributed by atoms with van der Waals surface area (Å²) in [5.74, 6) is -1.30. The van der Waals surface area contributed by atoms with Crippen molar-refractivity contribution < 1.29 is 19.7 Å². The Morgan fingerprint density at radius 1 is 1.54 bits per heavy atom. The van der Waals surface area contributed by atoms with Gasteiger partial charge in [0, 0.05) is 0 Å². The van der Waals surface area contributed by atoms with Gasteiger partial charge in [0.2, 0.25) is 0 Å². The van der Waals surface area contributed by atoms with E-state index in [2.05, 4.69) is 0 Å². The molecule has 1 aromatic rings. The Hall–Kier alpha value is -0.980. The monoisotopic (exact) mass is 294 g/mol. The van der Waals surface area contributed by atoms with Crippen molar-refractivity contribution in [2.75, 3.05) is 7.11 Å². The normalized spacial score (nSPS) is 9.69. The van der Waals surface area contributed by atoms with Crippen molar-refractivity contribution in [3.63, 3.8) is 0 Å². The summed E-state index contributed by atoms with van der Waals surface area (Å²) in [6.07, 6.45) is 0. The Balaban J connectivity index is 3.41. The molecule has 0 atom stereocenters. The minimum Gasteiger partial charge on any atom is -0.506 e. The summed E-state index contributed by atoms with van der Waals surface area (Å²) < 4.78 is 5.28. The highest BCUT2D eigenvalue weighted by Gasteiger charge is 2.18. The van der Waals surface area contributed by atoms with Crippen molar-refractivity contribution in [2.24, 2.45) is 0 Å². The molecule has 0 saturated carbocycles. The molecule has 5 heteroatoms. The molecule has 4 nitrogen and oxygen atoms in total. The predicted molar refractivity (Wildman–Crippen MR) is 54.3 cm³/mol. The molecule has 0 aliphatic carbocycles. The lowest BCUT2D eigenvalue weighted by molar-refractivity contribution is 0.0690. The maximum absolute atomic E-state index is 10.7. The molecule has 2 N–H and O–H groups in total. The van der Waals surface area contributed by atoms with E-state index in [0.717, 1.165) is 0 Å². The van der Waals surface area contributed by atoms with E-state index in [1.807, 2.05) is 22.6 Å². The molecule has 0 amide bonds. The molecule has 0 radical (unpaired) electrons. The molecule has 0 fully saturated rings. The van der Waals surface area contributed by atoms with Gasteiger partial charge in [0.05, 0.1) is 10.7 Å². The van der Waals surface area contributed by atoms with Crippen LogP contribution >= 0.6 is 22.6 Å². The van der Waals surface area contributed by atoms with Gasteiger partial charge in [-0.05, 0) is 34.7 Å². The zero-order valence-corrected chi connectivity index (χ0v) is 8.90. The number of hydrogen-bond donors (Lipinski definition) is 2. The summed E-state index contributed by atoms with van der Waals surface area (Å²) in [6.45, 7) is 0. The first-order valence-corrected chi connectivity index (χ1v) is 4.44. The van der Waals surface area contributed by atoms with Crippen LogP contribution in [0.5, 0.6) is 11.5 Å². The number of aromatic hydroxyl groups is 1. The maximum Gasteiger partial charge on any atom is 0.343 e. The maximum atomic E-state index is 10.7. The number of hydrogen-bond acceptors (Lipinski definition) is 3. The molecule has 0 unspecified atom stereocenters. The van der Waals surface area contributed by atoms with E-state index in [4.69, 9.17) is 9.84 Å². The molecule has 0 heterocycles. The van der Waals surface area contributed by atoms with Crippen molar-refractivity contribution in [3.8, 4) is 11.5 Å². The highest BCUT2D eigenvalue weighted by molar-refractivity contribution is 14.1. The highest BCUT2D eigenvalue weighted by atomic mass is 127. The van der Waals surface area contributed by atoms with Crippen molar-refractivity contribution in [3.05, 3.63) is 21.3 Å². The minimum absolute atomic E-state index is 0.158. The molecule has 0 saturated heterocycles. The summed E-state index contributed by atoms with van der Waals surface area (Å²) in [4.78, 5) is 10.7. The van der Waals surface area contributed by atoms with Gasteiger partial charge in [-0.1, -0.05) is 0 Å². The molecule has 13 heavy (non-hydrogen) atoms. The van der Waals surface area contributed by atoms with Gasteiger partial charge < -0.3 is 14.9 Å². The molecule has 0 aliphatic rings. The van der Waals surface area contributed by atoms with E-state index >= 15 is 0 Å². The van der Waals surface area contributed by atoms with Gasteiger partial charge in [0.25, 0.3) is 0 Å². The number of ether oxygens (including phenoxy) is 1. The molecule has 1 rings (SSSR count). The van der Waals surface area contributed by atoms with E-state index in [9.17, 15) is 9.90 Å². The summed E-state index contributed by atoms with van der Waals surface area (Å²) in [6, 6.07) is 3.09. The number of aromatic carboxylic acids is 1. The lowest BCUT2D eigenvalue weighted by atomic mass is 10.2. The van der Waals surface area contributed by atoms with E-state index < -0.39 is 5.97 Å². The topological polar surface area (TPSA) is 66.8 Å². The van der Waals surface area contributed by atoms with E-state index in [0.29, 0.717) is 3.57 Å². The van der Waals surface area contributed by atoms with Crippen LogP contribution in [-0.4, -0.2) is 23.3 Å². The smallest absolute Gasteiger partial charge is 0.343 e. The molecule has 0 aromatic heterocycles. The SMILES string of the molecule is COc1ccc(I)c(O)c1C(=O)O. The summed E-state index contributed by atoms with van der Waals surface area (Å²) in [7, 11) is 1.36. The van der Waals surface area contributed by atoms with E-state index in [-0.39, 0.29) is 17.1 Å². The van der Waals surface area contributed by atoms with Gasteiger partial charge >= 0.3 is 5.97 Å². The fourth-order valence-electron chi connectivity index (χ4n) is 0.924. The van der Waals surface area contributed by atoms with Crippen molar-refractivity contribution in [2.45, 2.75) is 0 Å². The number of benzene rings is 1. The number of carboxylic acid groups (broad SMARTS) is 1. The number of methoxy groups -OCH3 is 1. The van der Waals surface area contributed by atoms with Gasteiger partial charge in [0.15, 0.2) is 0 Å². The lowest BCUT2D eigenvalue weighted by Crippen LogP contribution is -2.01. The molecule has 0 bridgehead atoms.